The van der Waals surface area contributed by atoms with Crippen LogP contribution in [0.2, 0.25) is 0 Å². The van der Waals surface area contributed by atoms with Crippen molar-refractivity contribution in [2.45, 2.75) is 57.8 Å². The number of piperidine rings is 1. The number of nitrogens with zero attached hydrogens (tertiary/aromatic N) is 4. The molecule has 1 fully saturated rings. The lowest BCUT2D eigenvalue weighted by Gasteiger charge is -2.33. The van der Waals surface area contributed by atoms with E-state index in [1.54, 1.807) is 18.0 Å². The van der Waals surface area contributed by atoms with E-state index in [1.165, 1.54) is 75.7 Å². The van der Waals surface area contributed by atoms with Crippen LogP contribution in [0.3, 0.4) is 0 Å². The summed E-state index contributed by atoms with van der Waals surface area (Å²) in [5.74, 6) is 0.439. The predicted octanol–water partition coefficient (Wildman–Crippen LogP) is 5.42. The van der Waals surface area contributed by atoms with E-state index in [0.29, 0.717) is 11.6 Å². The van der Waals surface area contributed by atoms with Gasteiger partial charge in [0.1, 0.15) is 5.69 Å². The van der Waals surface area contributed by atoms with Crippen molar-refractivity contribution < 1.29 is 4.79 Å². The normalized spacial score (nSPS) is 21.8. The molecule has 2 aromatic rings. The molecule has 0 aromatic carbocycles. The lowest BCUT2D eigenvalue weighted by atomic mass is 9.96. The zero-order chi connectivity index (χ0) is 22.9. The summed E-state index contributed by atoms with van der Waals surface area (Å²) < 4.78 is 0. The van der Waals surface area contributed by atoms with Crippen molar-refractivity contribution in [3.8, 4) is 0 Å². The average molecular weight is 468 g/mol. The maximum Gasteiger partial charge on any atom is 0.270 e. The van der Waals surface area contributed by atoms with Crippen LogP contribution in [0, 0.1) is 5.92 Å². The molecule has 1 N–H and O–H groups in total. The Morgan fingerprint density at radius 2 is 2.00 bits per heavy atom. The van der Waals surface area contributed by atoms with Gasteiger partial charge in [0.25, 0.3) is 5.91 Å². The molecular weight excluding hydrogens is 430 g/mol. The molecule has 6 nitrogen and oxygen atoms in total. The largest absolute Gasteiger partial charge is 0.350 e. The molecule has 2 aliphatic rings. The Hall–Kier alpha value is -2.25. The van der Waals surface area contributed by atoms with Crippen molar-refractivity contribution in [2.75, 3.05) is 38.1 Å². The van der Waals surface area contributed by atoms with Crippen molar-refractivity contribution in [1.82, 2.24) is 20.2 Å². The zero-order valence-corrected chi connectivity index (χ0v) is 20.7. The predicted molar refractivity (Wildman–Crippen MR) is 136 cm³/mol. The highest BCUT2D eigenvalue weighted by atomic mass is 32.1. The van der Waals surface area contributed by atoms with Crippen molar-refractivity contribution in [2.24, 2.45) is 5.92 Å². The van der Waals surface area contributed by atoms with Crippen molar-refractivity contribution >= 4 is 28.1 Å². The molecule has 0 saturated carbocycles. The fraction of sp³-hybridized carbons (Fsp3) is 0.577. The van der Waals surface area contributed by atoms with Gasteiger partial charge in [-0.1, -0.05) is 30.9 Å². The molecule has 7 heteroatoms. The second-order valence-electron chi connectivity index (χ2n) is 9.40. The van der Waals surface area contributed by atoms with Crippen molar-refractivity contribution in [3.63, 3.8) is 0 Å². The summed E-state index contributed by atoms with van der Waals surface area (Å²) in [4.78, 5) is 25.9. The van der Waals surface area contributed by atoms with E-state index in [1.807, 2.05) is 29.5 Å². The highest BCUT2D eigenvalue weighted by molar-refractivity contribution is 7.14. The molecule has 2 aromatic heterocycles. The monoisotopic (exact) mass is 467 g/mol. The average Bonchev–Trinajstić information content (AvgIpc) is 3.38. The van der Waals surface area contributed by atoms with Gasteiger partial charge in [0.2, 0.25) is 0 Å². The highest BCUT2D eigenvalue weighted by Gasteiger charge is 2.22. The molecule has 0 radical (unpaired) electrons. The molecule has 0 spiro atoms. The molecule has 0 bridgehead atoms. The Morgan fingerprint density at radius 3 is 2.88 bits per heavy atom. The van der Waals surface area contributed by atoms with Gasteiger partial charge in [-0.3, -0.25) is 14.7 Å². The van der Waals surface area contributed by atoms with E-state index >= 15 is 0 Å². The molecule has 1 atom stereocenters. The van der Waals surface area contributed by atoms with Gasteiger partial charge in [-0.05, 0) is 63.1 Å². The Balaban J connectivity index is 1.26. The number of aromatic nitrogens is 2. The number of likely N-dealkylation sites (tertiary alicyclic amines) is 1. The van der Waals surface area contributed by atoms with Crippen LogP contribution >= 0.6 is 11.3 Å². The third-order valence-electron chi connectivity index (χ3n) is 6.78. The summed E-state index contributed by atoms with van der Waals surface area (Å²) in [7, 11) is 1.96. The SMILES string of the molecule is CN(c1ccncc1)c1nc(C(=O)NCC2CCCN(C/C3=C/CCCCCCC3)C2)cs1. The summed E-state index contributed by atoms with van der Waals surface area (Å²) in [6.45, 7) is 4.09. The number of allylic oxidation sites excluding steroid dienone is 1. The van der Waals surface area contributed by atoms with Crippen LogP contribution in [0.1, 0.15) is 68.3 Å². The maximum atomic E-state index is 12.7. The van der Waals surface area contributed by atoms with E-state index in [0.717, 1.165) is 30.5 Å². The minimum absolute atomic E-state index is 0.0725. The Morgan fingerprint density at radius 1 is 1.18 bits per heavy atom. The van der Waals surface area contributed by atoms with Gasteiger partial charge in [0.05, 0.1) is 0 Å². The number of hydrogen-bond donors (Lipinski definition) is 1. The van der Waals surface area contributed by atoms with Crippen LogP contribution in [-0.2, 0) is 0 Å². The van der Waals surface area contributed by atoms with Crippen LogP contribution in [0.4, 0.5) is 10.8 Å². The minimum Gasteiger partial charge on any atom is -0.350 e. The first-order valence-electron chi connectivity index (χ1n) is 12.5. The molecule has 1 aliphatic heterocycles. The molecule has 1 amide bonds. The number of carbonyl (C=O) groups is 1. The molecule has 4 rings (SSSR count). The second-order valence-corrected chi connectivity index (χ2v) is 10.2. The highest BCUT2D eigenvalue weighted by Crippen LogP contribution is 2.26. The van der Waals surface area contributed by atoms with Crippen molar-refractivity contribution in [1.29, 1.82) is 0 Å². The summed E-state index contributed by atoms with van der Waals surface area (Å²) >= 11 is 1.49. The smallest absolute Gasteiger partial charge is 0.270 e. The standard InChI is InChI=1S/C26H37N5OS/c1-30(23-12-14-27-15-13-23)26-29-24(20-33-26)25(32)28-17-22-11-8-16-31(19-22)18-21-9-6-4-2-3-5-7-10-21/h9,12-15,20,22H,2-8,10-11,16-19H2,1H3,(H,28,32)/b21-9+. The first kappa shape index (κ1) is 23.9. The Kier molecular flexibility index (Phi) is 8.89. The van der Waals surface area contributed by atoms with E-state index in [9.17, 15) is 4.79 Å². The molecule has 1 unspecified atom stereocenters. The summed E-state index contributed by atoms with van der Waals surface area (Å²) in [6.07, 6.45) is 17.8. The van der Waals surface area contributed by atoms with Crippen LogP contribution in [0.15, 0.2) is 41.6 Å². The second kappa shape index (κ2) is 12.3. The number of carbonyl (C=O) groups excluding carboxylic acids is 1. The number of thiazole rings is 1. The van der Waals surface area contributed by atoms with Crippen LogP contribution in [-0.4, -0.2) is 54.0 Å². The van der Waals surface area contributed by atoms with E-state index in [4.69, 9.17) is 0 Å². The zero-order valence-electron chi connectivity index (χ0n) is 19.8. The minimum atomic E-state index is -0.0725. The fourth-order valence-corrected chi connectivity index (χ4v) is 5.65. The van der Waals surface area contributed by atoms with Gasteiger partial charge < -0.3 is 10.2 Å². The van der Waals surface area contributed by atoms with Gasteiger partial charge in [-0.2, -0.15) is 0 Å². The van der Waals surface area contributed by atoms with Gasteiger partial charge >= 0.3 is 0 Å². The number of rotatable bonds is 7. The van der Waals surface area contributed by atoms with E-state index in [2.05, 4.69) is 26.3 Å². The third kappa shape index (κ3) is 7.11. The molecule has 1 aliphatic carbocycles. The van der Waals surface area contributed by atoms with Gasteiger partial charge in [-0.25, -0.2) is 4.98 Å². The van der Waals surface area contributed by atoms with Crippen molar-refractivity contribution in [3.05, 3.63) is 47.2 Å². The maximum absolute atomic E-state index is 12.7. The van der Waals surface area contributed by atoms with Crippen LogP contribution in [0.5, 0.6) is 0 Å². The van der Waals surface area contributed by atoms with E-state index < -0.39 is 0 Å². The molecule has 178 valence electrons. The molecule has 3 heterocycles. The Labute approximate surface area is 202 Å². The number of pyridine rings is 1. The van der Waals surface area contributed by atoms with Gasteiger partial charge in [-0.15, -0.1) is 11.3 Å². The number of nitrogens with one attached hydrogen (secondary N) is 1. The first-order valence-corrected chi connectivity index (χ1v) is 13.3. The molecule has 1 saturated heterocycles. The fourth-order valence-electron chi connectivity index (χ4n) is 4.86. The summed E-state index contributed by atoms with van der Waals surface area (Å²) in [5, 5.41) is 5.80. The quantitative estimate of drug-likeness (QED) is 0.551. The van der Waals surface area contributed by atoms with Crippen LogP contribution < -0.4 is 10.2 Å². The molecule has 33 heavy (non-hydrogen) atoms. The first-order chi connectivity index (χ1) is 16.2. The lowest BCUT2D eigenvalue weighted by molar-refractivity contribution is 0.0930. The summed E-state index contributed by atoms with van der Waals surface area (Å²) in [6, 6.07) is 3.87. The Bertz CT molecular complexity index is 912. The molecular formula is C26H37N5OS. The summed E-state index contributed by atoms with van der Waals surface area (Å²) in [5.41, 5.74) is 3.14. The van der Waals surface area contributed by atoms with Crippen LogP contribution in [0.25, 0.3) is 0 Å². The number of anilines is 2. The van der Waals surface area contributed by atoms with Gasteiger partial charge in [0, 0.05) is 50.1 Å². The lowest BCUT2D eigenvalue weighted by Crippen LogP contribution is -2.41. The number of amides is 1. The van der Waals surface area contributed by atoms with Gasteiger partial charge in [0.15, 0.2) is 5.13 Å². The van der Waals surface area contributed by atoms with E-state index in [-0.39, 0.29) is 5.91 Å². The topological polar surface area (TPSA) is 61.4 Å². The number of hydrogen-bond acceptors (Lipinski definition) is 6. The third-order valence-corrected chi connectivity index (χ3v) is 7.69.